The van der Waals surface area contributed by atoms with E-state index in [9.17, 15) is 0 Å². The van der Waals surface area contributed by atoms with E-state index in [0.717, 1.165) is 39.3 Å². The molecular formula is C19H51Cl3N4Ti. The molecule has 8 heteroatoms. The van der Waals surface area contributed by atoms with Crippen LogP contribution in [-0.2, 0) is 11.7 Å². The average Bonchev–Trinajstić information content (AvgIpc) is 2.34. The summed E-state index contributed by atoms with van der Waals surface area (Å²) in [5, 5.41) is 28.9. The fraction of sp³-hybridized carbons (Fsp3) is 1.00. The van der Waals surface area contributed by atoms with Crippen LogP contribution >= 0.6 is 37.2 Å². The van der Waals surface area contributed by atoms with Crippen LogP contribution in [0.2, 0.25) is 36.6 Å². The third-order valence-corrected chi connectivity index (χ3v) is 12.8. The molecule has 0 amide bonds. The Morgan fingerprint density at radius 3 is 1.00 bits per heavy atom. The summed E-state index contributed by atoms with van der Waals surface area (Å²) in [6.45, 7) is 9.16. The van der Waals surface area contributed by atoms with Crippen LogP contribution in [0.15, 0.2) is 0 Å². The minimum atomic E-state index is -4.05. The summed E-state index contributed by atoms with van der Waals surface area (Å²) in [6, 6.07) is 0. The second-order valence-electron chi connectivity index (χ2n) is 16.7. The molecule has 0 unspecified atom stereocenters. The molecule has 3 N–H and O–H groups in total. The van der Waals surface area contributed by atoms with E-state index >= 15 is 0 Å². The molecule has 0 atom stereocenters. The maximum atomic E-state index is 3.63. The first-order valence-electron chi connectivity index (χ1n) is 10.5. The zero-order chi connectivity index (χ0) is 18.5. The molecule has 0 spiro atoms. The molecule has 1 rings (SSSR count). The van der Waals surface area contributed by atoms with Gasteiger partial charge in [-0.15, -0.1) is 37.2 Å². The van der Waals surface area contributed by atoms with Crippen molar-refractivity contribution >= 4 is 37.2 Å². The molecule has 0 aromatic carbocycles. The Balaban J connectivity index is -0.00000192. The van der Waals surface area contributed by atoms with Crippen LogP contribution < -0.4 is 16.0 Å². The van der Waals surface area contributed by atoms with E-state index < -0.39 is 11.7 Å². The predicted octanol–water partition coefficient (Wildman–Crippen LogP) is 5.45. The molecule has 0 aliphatic carbocycles. The molecule has 1 aliphatic rings. The summed E-state index contributed by atoms with van der Waals surface area (Å²) < 4.78 is 2.88. The molecular weight excluding hydrogens is 438 g/mol. The van der Waals surface area contributed by atoms with Crippen LogP contribution in [0.5, 0.6) is 0 Å². The molecule has 0 aromatic heterocycles. The van der Waals surface area contributed by atoms with Crippen LogP contribution in [0, 0.1) is 0 Å². The van der Waals surface area contributed by atoms with Crippen molar-refractivity contribution in [2.45, 2.75) is 62.3 Å². The van der Waals surface area contributed by atoms with Gasteiger partial charge in [0.25, 0.3) is 0 Å². The summed E-state index contributed by atoms with van der Waals surface area (Å²) in [6.07, 6.45) is 4.91. The monoisotopic (exact) mass is 488 g/mol. The Morgan fingerprint density at radius 1 is 0.481 bits per heavy atom. The van der Waals surface area contributed by atoms with Crippen molar-refractivity contribution in [3.8, 4) is 0 Å². The zero-order valence-electron chi connectivity index (χ0n) is 19.2. The van der Waals surface area contributed by atoms with Crippen molar-refractivity contribution in [3.05, 3.63) is 0 Å². The standard InChI is InChI=1S/C12H27N4.7CH3.3ClH.Ti/c1-5-13-7-2-9-15-11-4-12-16-10-3-8-14-6-1;;;;;;;;;;;/h13-15H,1-12H2;7*1H3;3*1H;/q-1;;;;;;;;;;;+1. The number of nitrogens with one attached hydrogen (secondary N) is 3. The van der Waals surface area contributed by atoms with Crippen molar-refractivity contribution in [3.63, 3.8) is 0 Å². The molecule has 4 nitrogen and oxygen atoms in total. The van der Waals surface area contributed by atoms with Crippen LogP contribution in [0.25, 0.3) is 0 Å². The first-order chi connectivity index (χ1) is 10.5. The fourth-order valence-corrected chi connectivity index (χ4v) is 8.90. The number of nitrogens with zero attached hydrogens (tertiary/aromatic N) is 1. The summed E-state index contributed by atoms with van der Waals surface area (Å²) >= 11 is -4.05. The van der Waals surface area contributed by atoms with Crippen LogP contribution in [-0.4, -0.2) is 55.7 Å². The average molecular weight is 490 g/mol. The van der Waals surface area contributed by atoms with Crippen molar-refractivity contribution < 1.29 is 11.7 Å². The molecule has 27 heavy (non-hydrogen) atoms. The third-order valence-electron chi connectivity index (χ3n) is 5.19. The van der Waals surface area contributed by atoms with E-state index in [2.05, 4.69) is 55.9 Å². The Labute approximate surface area is 182 Å². The van der Waals surface area contributed by atoms with E-state index in [1.807, 2.05) is 0 Å². The second kappa shape index (κ2) is 8.51. The normalized spacial score (nSPS) is 25.6. The minimum absolute atomic E-state index is 0. The van der Waals surface area contributed by atoms with Crippen LogP contribution in [0.4, 0.5) is 0 Å². The van der Waals surface area contributed by atoms with E-state index in [0.29, 0.717) is 0 Å². The van der Waals surface area contributed by atoms with Gasteiger partial charge < -0.3 is 0 Å². The second-order valence-corrected chi connectivity index (χ2v) is 55.4. The molecule has 0 radical (unpaired) electrons. The Morgan fingerprint density at radius 2 is 0.741 bits per heavy atom. The molecule has 0 bridgehead atoms. The van der Waals surface area contributed by atoms with Crippen molar-refractivity contribution in [2.24, 2.45) is 0 Å². The summed E-state index contributed by atoms with van der Waals surface area (Å²) in [5.41, 5.74) is 0. The van der Waals surface area contributed by atoms with E-state index in [-0.39, 0.29) is 37.2 Å². The maximum absolute atomic E-state index is 4.05. The summed E-state index contributed by atoms with van der Waals surface area (Å²) in [5.74, 6) is 0. The molecule has 1 aliphatic heterocycles. The Bertz CT molecular complexity index is 415. The number of rotatable bonds is 1. The van der Waals surface area contributed by atoms with E-state index in [1.165, 1.54) is 38.8 Å². The van der Waals surface area contributed by atoms with Gasteiger partial charge in [0.2, 0.25) is 0 Å². The van der Waals surface area contributed by atoms with Gasteiger partial charge in [-0.1, -0.05) is 0 Å². The molecule has 1 heterocycles. The predicted molar refractivity (Wildman–Crippen MR) is 131 cm³/mol. The van der Waals surface area contributed by atoms with Gasteiger partial charge >= 0.3 is 146 Å². The SMILES string of the molecule is Cl.Cl.Cl.[CH3][Ti]([CH3])([CH3])([CH3])([CH3])([CH3])([CH3])[N]1CCCNCCCNCCCNCCC1. The quantitative estimate of drug-likeness (QED) is 0.429. The van der Waals surface area contributed by atoms with Crippen molar-refractivity contribution in [2.75, 3.05) is 52.4 Å². The van der Waals surface area contributed by atoms with Crippen molar-refractivity contribution in [1.29, 1.82) is 0 Å². The van der Waals surface area contributed by atoms with Crippen LogP contribution in [0.3, 0.4) is 0 Å². The van der Waals surface area contributed by atoms with Gasteiger partial charge in [-0.25, -0.2) is 0 Å². The van der Waals surface area contributed by atoms with Gasteiger partial charge in [-0.3, -0.25) is 0 Å². The van der Waals surface area contributed by atoms with Gasteiger partial charge in [-0.05, 0) is 0 Å². The molecule has 1 saturated heterocycles. The summed E-state index contributed by atoms with van der Waals surface area (Å²) in [4.78, 5) is 0. The van der Waals surface area contributed by atoms with Gasteiger partial charge in [0.15, 0.2) is 0 Å². The fourth-order valence-electron chi connectivity index (χ4n) is 3.52. The van der Waals surface area contributed by atoms with Gasteiger partial charge in [-0.2, -0.15) is 0 Å². The van der Waals surface area contributed by atoms with Crippen molar-refractivity contribution in [1.82, 2.24) is 19.3 Å². The first-order valence-corrected chi connectivity index (χ1v) is 22.1. The van der Waals surface area contributed by atoms with Gasteiger partial charge in [0.05, 0.1) is 0 Å². The zero-order valence-corrected chi connectivity index (χ0v) is 23.2. The topological polar surface area (TPSA) is 39.3 Å². The number of hydrogen-bond acceptors (Lipinski definition) is 4. The molecule has 172 valence electrons. The van der Waals surface area contributed by atoms with Crippen LogP contribution in [0.1, 0.15) is 25.7 Å². The van der Waals surface area contributed by atoms with Gasteiger partial charge in [0, 0.05) is 0 Å². The number of halogens is 3. The number of hydrogen-bond donors (Lipinski definition) is 3. The van der Waals surface area contributed by atoms with E-state index in [1.54, 1.807) is 0 Å². The molecule has 1 fully saturated rings. The van der Waals surface area contributed by atoms with Gasteiger partial charge in [0.1, 0.15) is 0 Å². The third kappa shape index (κ3) is 15.9. The molecule has 0 aromatic rings. The molecule has 0 saturated carbocycles. The Hall–Kier alpha value is 1.42. The first kappa shape index (κ1) is 33.1. The summed E-state index contributed by atoms with van der Waals surface area (Å²) in [7, 11) is 0. The van der Waals surface area contributed by atoms with E-state index in [4.69, 9.17) is 0 Å². The Kier molecular flexibility index (Phi) is 10.4.